The Morgan fingerprint density at radius 1 is 1.36 bits per heavy atom. The predicted octanol–water partition coefficient (Wildman–Crippen LogP) is 1.13. The molecule has 136 valence electrons. The van der Waals surface area contributed by atoms with E-state index in [9.17, 15) is 23.1 Å². The number of amides is 2. The molecule has 2 bridgehead atoms. The number of rotatable bonds is 6. The van der Waals surface area contributed by atoms with E-state index >= 15 is 0 Å². The molecule has 2 heterocycles. The minimum absolute atomic E-state index is 0.0877. The van der Waals surface area contributed by atoms with Gasteiger partial charge in [-0.2, -0.15) is 13.5 Å². The van der Waals surface area contributed by atoms with E-state index in [-0.39, 0.29) is 6.54 Å². The lowest BCUT2D eigenvalue weighted by atomic mass is 9.91. The van der Waals surface area contributed by atoms with Crippen LogP contribution >= 0.6 is 0 Å². The number of nitrogens with zero attached hydrogens (tertiary/aromatic N) is 2. The summed E-state index contributed by atoms with van der Waals surface area (Å²) in [7, 11) is -4.94. The number of benzene rings is 1. The molecule has 1 unspecified atom stereocenters. The first-order valence-electron chi connectivity index (χ1n) is 7.49. The van der Waals surface area contributed by atoms with E-state index in [4.69, 9.17) is 9.29 Å². The van der Waals surface area contributed by atoms with Gasteiger partial charge in [-0.05, 0) is 29.7 Å². The fourth-order valence-corrected chi connectivity index (χ4v) is 3.43. The second kappa shape index (κ2) is 6.17. The molecule has 2 amide bonds. The van der Waals surface area contributed by atoms with Crippen molar-refractivity contribution in [3.63, 3.8) is 0 Å². The molecule has 11 heteroatoms. The number of fused-ring (bicyclic) bond motifs is 4. The SMILES string of the molecule is CCCOc1ccc2c(c1)[C@H]1CN(C(=O)N1OS(=O)(=O)O)C2C(=O)O. The van der Waals surface area contributed by atoms with Gasteiger partial charge >= 0.3 is 22.4 Å². The van der Waals surface area contributed by atoms with Gasteiger partial charge in [-0.15, -0.1) is 4.28 Å². The van der Waals surface area contributed by atoms with E-state index in [1.165, 1.54) is 6.07 Å². The van der Waals surface area contributed by atoms with Crippen molar-refractivity contribution in [3.8, 4) is 5.75 Å². The maximum atomic E-state index is 12.4. The quantitative estimate of drug-likeness (QED) is 0.710. The lowest BCUT2D eigenvalue weighted by Gasteiger charge is -2.30. The lowest BCUT2D eigenvalue weighted by molar-refractivity contribution is -0.142. The number of urea groups is 1. The zero-order valence-electron chi connectivity index (χ0n) is 13.2. The Labute approximate surface area is 143 Å². The fraction of sp³-hybridized carbons (Fsp3) is 0.429. The molecule has 1 saturated heterocycles. The van der Waals surface area contributed by atoms with Crippen LogP contribution in [0.2, 0.25) is 0 Å². The third-order valence-electron chi connectivity index (χ3n) is 3.99. The summed E-state index contributed by atoms with van der Waals surface area (Å²) in [5.74, 6) is -0.798. The van der Waals surface area contributed by atoms with E-state index in [1.54, 1.807) is 12.1 Å². The van der Waals surface area contributed by atoms with Crippen molar-refractivity contribution >= 4 is 22.4 Å². The molecule has 10 nitrogen and oxygen atoms in total. The van der Waals surface area contributed by atoms with E-state index in [2.05, 4.69) is 4.28 Å². The molecule has 0 radical (unpaired) electrons. The van der Waals surface area contributed by atoms with E-state index in [0.29, 0.717) is 28.5 Å². The van der Waals surface area contributed by atoms with Gasteiger partial charge in [0.25, 0.3) is 0 Å². The molecule has 0 spiro atoms. The van der Waals surface area contributed by atoms with Gasteiger partial charge in [-0.3, -0.25) is 4.55 Å². The molecule has 2 aliphatic heterocycles. The molecular weight excluding hydrogens is 356 g/mol. The average molecular weight is 372 g/mol. The van der Waals surface area contributed by atoms with Crippen molar-refractivity contribution in [2.45, 2.75) is 25.4 Å². The molecule has 0 aliphatic carbocycles. The second-order valence-corrected chi connectivity index (χ2v) is 6.66. The number of carboxylic acid groups (broad SMARTS) is 1. The predicted molar refractivity (Wildman–Crippen MR) is 81.9 cm³/mol. The van der Waals surface area contributed by atoms with Crippen molar-refractivity contribution in [2.75, 3.05) is 13.2 Å². The Morgan fingerprint density at radius 3 is 2.68 bits per heavy atom. The van der Waals surface area contributed by atoms with Gasteiger partial charge in [-0.1, -0.05) is 13.0 Å². The molecule has 25 heavy (non-hydrogen) atoms. The van der Waals surface area contributed by atoms with Crippen LogP contribution in [0.3, 0.4) is 0 Å². The Balaban J connectivity index is 2.07. The molecular formula is C14H16N2O8S. The zero-order valence-corrected chi connectivity index (χ0v) is 14.0. The average Bonchev–Trinajstić information content (AvgIpc) is 2.78. The summed E-state index contributed by atoms with van der Waals surface area (Å²) in [6.45, 7) is 2.28. The van der Waals surface area contributed by atoms with Crippen molar-refractivity contribution in [1.29, 1.82) is 0 Å². The Hall–Kier alpha value is -2.37. The van der Waals surface area contributed by atoms with Crippen molar-refractivity contribution in [3.05, 3.63) is 29.3 Å². The highest BCUT2D eigenvalue weighted by Crippen LogP contribution is 2.45. The minimum Gasteiger partial charge on any atom is -0.494 e. The molecule has 0 saturated carbocycles. The molecule has 1 aromatic rings. The highest BCUT2D eigenvalue weighted by Gasteiger charge is 2.52. The van der Waals surface area contributed by atoms with Crippen LogP contribution in [0.1, 0.15) is 36.6 Å². The molecule has 2 aliphatic rings. The topological polar surface area (TPSA) is 134 Å². The van der Waals surface area contributed by atoms with Gasteiger partial charge in [0.15, 0.2) is 6.04 Å². The molecule has 2 atom stereocenters. The summed E-state index contributed by atoms with van der Waals surface area (Å²) in [5.41, 5.74) is 0.731. The van der Waals surface area contributed by atoms with Crippen molar-refractivity contribution in [2.24, 2.45) is 0 Å². The lowest BCUT2D eigenvalue weighted by Crippen LogP contribution is -2.38. The van der Waals surface area contributed by atoms with Crippen LogP contribution in [0.15, 0.2) is 18.2 Å². The van der Waals surface area contributed by atoms with E-state index < -0.39 is 34.5 Å². The van der Waals surface area contributed by atoms with Crippen LogP contribution in [-0.2, 0) is 19.5 Å². The maximum absolute atomic E-state index is 12.4. The minimum atomic E-state index is -4.94. The fourth-order valence-electron chi connectivity index (χ4n) is 3.06. The standard InChI is InChI=1S/C14H16N2O8S/c1-2-5-23-8-3-4-9-10(6-8)11-7-15(12(9)13(17)18)14(19)16(11)24-25(20,21)22/h3-4,6,11-12H,2,5,7H2,1H3,(H,17,18)(H,20,21,22)/t11-,12?/m1/s1. The summed E-state index contributed by atoms with van der Waals surface area (Å²) in [4.78, 5) is 25.0. The number of hydrogen-bond donors (Lipinski definition) is 2. The largest absolute Gasteiger partial charge is 0.494 e. The first-order valence-corrected chi connectivity index (χ1v) is 8.85. The highest BCUT2D eigenvalue weighted by molar-refractivity contribution is 7.80. The Kier molecular flexibility index (Phi) is 4.31. The summed E-state index contributed by atoms with van der Waals surface area (Å²) in [6.07, 6.45) is 0.766. The molecule has 1 fully saturated rings. The van der Waals surface area contributed by atoms with Crippen LogP contribution in [0.25, 0.3) is 0 Å². The molecule has 1 aromatic carbocycles. The number of aliphatic carboxylic acids is 1. The number of carbonyl (C=O) groups is 2. The van der Waals surface area contributed by atoms with E-state index in [0.717, 1.165) is 11.3 Å². The summed E-state index contributed by atoms with van der Waals surface area (Å²) in [6, 6.07) is 1.56. The number of carboxylic acids is 1. The third kappa shape index (κ3) is 3.13. The van der Waals surface area contributed by atoms with Gasteiger partial charge in [0.05, 0.1) is 13.2 Å². The van der Waals surface area contributed by atoms with Gasteiger partial charge < -0.3 is 14.7 Å². The number of hydroxylamine groups is 2. The summed E-state index contributed by atoms with van der Waals surface area (Å²) in [5, 5.41) is 9.97. The molecule has 3 rings (SSSR count). The van der Waals surface area contributed by atoms with Gasteiger partial charge in [0, 0.05) is 0 Å². The highest BCUT2D eigenvalue weighted by atomic mass is 32.3. The van der Waals surface area contributed by atoms with E-state index in [1.807, 2.05) is 6.92 Å². The van der Waals surface area contributed by atoms with Crippen molar-refractivity contribution < 1.29 is 36.7 Å². The number of carbonyl (C=O) groups excluding carboxylic acids is 1. The summed E-state index contributed by atoms with van der Waals surface area (Å²) < 4.78 is 40.9. The van der Waals surface area contributed by atoms with Crippen LogP contribution in [-0.4, -0.2) is 53.2 Å². The van der Waals surface area contributed by atoms with Crippen LogP contribution in [0, 0.1) is 0 Å². The Bertz CT molecular complexity index is 824. The summed E-state index contributed by atoms with van der Waals surface area (Å²) >= 11 is 0. The van der Waals surface area contributed by atoms with Crippen LogP contribution in [0.5, 0.6) is 5.75 Å². The monoisotopic (exact) mass is 372 g/mol. The molecule has 2 N–H and O–H groups in total. The first kappa shape index (κ1) is 17.5. The van der Waals surface area contributed by atoms with Gasteiger partial charge in [0.2, 0.25) is 0 Å². The molecule has 0 aromatic heterocycles. The van der Waals surface area contributed by atoms with Gasteiger partial charge in [-0.25, -0.2) is 9.59 Å². The normalized spacial score (nSPS) is 22.1. The van der Waals surface area contributed by atoms with Crippen LogP contribution < -0.4 is 4.74 Å². The first-order chi connectivity index (χ1) is 11.7. The third-order valence-corrected chi connectivity index (χ3v) is 4.34. The zero-order chi connectivity index (χ0) is 18.4. The van der Waals surface area contributed by atoms with Crippen molar-refractivity contribution in [1.82, 2.24) is 9.96 Å². The number of ether oxygens (including phenoxy) is 1. The van der Waals surface area contributed by atoms with Gasteiger partial charge in [0.1, 0.15) is 11.8 Å². The Morgan fingerprint density at radius 2 is 2.08 bits per heavy atom. The number of hydrogen-bond acceptors (Lipinski definition) is 6. The maximum Gasteiger partial charge on any atom is 0.418 e. The second-order valence-electron chi connectivity index (χ2n) is 5.66. The smallest absolute Gasteiger partial charge is 0.418 e. The van der Waals surface area contributed by atoms with Crippen LogP contribution in [0.4, 0.5) is 4.79 Å².